The molecule has 4 N–H and O–H groups in total. The standard InChI is InChI=1S/C16H17N3O2/c1-2-11-5-3-7-13(9-11)18-15(20)12-6-4-8-14(10-12)19-16(17)21/h3-10H,2H2,1H3,(H,18,20)(H3,17,19,21). The van der Waals surface area contributed by atoms with Gasteiger partial charge in [0.15, 0.2) is 0 Å². The van der Waals surface area contributed by atoms with E-state index in [-0.39, 0.29) is 5.91 Å². The molecule has 0 radical (unpaired) electrons. The fourth-order valence-corrected chi connectivity index (χ4v) is 1.95. The summed E-state index contributed by atoms with van der Waals surface area (Å²) in [5, 5.41) is 5.27. The Morgan fingerprint density at radius 1 is 1.00 bits per heavy atom. The highest BCUT2D eigenvalue weighted by atomic mass is 16.2. The summed E-state index contributed by atoms with van der Waals surface area (Å²) in [6.07, 6.45) is 0.904. The van der Waals surface area contributed by atoms with E-state index in [0.717, 1.165) is 17.7 Å². The SMILES string of the molecule is CCc1cccc(NC(=O)c2cccc(NC(N)=O)c2)c1. The van der Waals surface area contributed by atoms with E-state index in [1.165, 1.54) is 0 Å². The van der Waals surface area contributed by atoms with Crippen LogP contribution >= 0.6 is 0 Å². The summed E-state index contributed by atoms with van der Waals surface area (Å²) >= 11 is 0. The van der Waals surface area contributed by atoms with Gasteiger partial charge in [-0.1, -0.05) is 25.1 Å². The zero-order chi connectivity index (χ0) is 15.2. The lowest BCUT2D eigenvalue weighted by Gasteiger charge is -2.08. The number of amides is 3. The predicted molar refractivity (Wildman–Crippen MR) is 83.4 cm³/mol. The van der Waals surface area contributed by atoms with E-state index in [0.29, 0.717) is 11.3 Å². The Bertz CT molecular complexity index is 668. The fraction of sp³-hybridized carbons (Fsp3) is 0.125. The molecule has 3 amide bonds. The Kier molecular flexibility index (Phi) is 4.56. The van der Waals surface area contributed by atoms with Crippen LogP contribution in [0.25, 0.3) is 0 Å². The van der Waals surface area contributed by atoms with E-state index >= 15 is 0 Å². The van der Waals surface area contributed by atoms with Crippen molar-refractivity contribution >= 4 is 23.3 Å². The highest BCUT2D eigenvalue weighted by molar-refractivity contribution is 6.05. The van der Waals surface area contributed by atoms with Crippen molar-refractivity contribution in [3.63, 3.8) is 0 Å². The molecule has 5 heteroatoms. The molecule has 5 nitrogen and oxygen atoms in total. The van der Waals surface area contributed by atoms with Crippen LogP contribution in [-0.2, 0) is 6.42 Å². The molecule has 0 aliphatic carbocycles. The van der Waals surface area contributed by atoms with Crippen molar-refractivity contribution in [2.75, 3.05) is 10.6 Å². The summed E-state index contributed by atoms with van der Waals surface area (Å²) in [6.45, 7) is 2.06. The summed E-state index contributed by atoms with van der Waals surface area (Å²) < 4.78 is 0. The maximum atomic E-state index is 12.2. The number of primary amides is 1. The van der Waals surface area contributed by atoms with Crippen LogP contribution in [0.4, 0.5) is 16.2 Å². The Hall–Kier alpha value is -2.82. The predicted octanol–water partition coefficient (Wildman–Crippen LogP) is 2.99. The molecule has 0 spiro atoms. The van der Waals surface area contributed by atoms with Crippen LogP contribution in [0.1, 0.15) is 22.8 Å². The van der Waals surface area contributed by atoms with Crippen molar-refractivity contribution in [2.45, 2.75) is 13.3 Å². The minimum absolute atomic E-state index is 0.239. The highest BCUT2D eigenvalue weighted by Gasteiger charge is 2.07. The van der Waals surface area contributed by atoms with Crippen molar-refractivity contribution < 1.29 is 9.59 Å². The van der Waals surface area contributed by atoms with Crippen molar-refractivity contribution in [1.82, 2.24) is 0 Å². The Morgan fingerprint density at radius 2 is 1.67 bits per heavy atom. The molecule has 2 aromatic rings. The molecule has 0 bridgehead atoms. The smallest absolute Gasteiger partial charge is 0.316 e. The molecular formula is C16H17N3O2. The number of nitrogens with two attached hydrogens (primary N) is 1. The quantitative estimate of drug-likeness (QED) is 0.805. The van der Waals surface area contributed by atoms with Crippen LogP contribution in [-0.4, -0.2) is 11.9 Å². The first-order valence-corrected chi connectivity index (χ1v) is 6.65. The molecule has 0 aromatic heterocycles. The average Bonchev–Trinajstić information content (AvgIpc) is 2.47. The van der Waals surface area contributed by atoms with Crippen molar-refractivity contribution in [3.05, 3.63) is 59.7 Å². The van der Waals surface area contributed by atoms with E-state index in [1.807, 2.05) is 24.3 Å². The van der Waals surface area contributed by atoms with Gasteiger partial charge in [-0.15, -0.1) is 0 Å². The van der Waals surface area contributed by atoms with E-state index in [4.69, 9.17) is 5.73 Å². The van der Waals surface area contributed by atoms with Crippen LogP contribution in [0.3, 0.4) is 0 Å². The van der Waals surface area contributed by atoms with Crippen molar-refractivity contribution in [3.8, 4) is 0 Å². The summed E-state index contributed by atoms with van der Waals surface area (Å²) in [6, 6.07) is 13.6. The molecule has 0 aliphatic rings. The number of benzene rings is 2. The van der Waals surface area contributed by atoms with Crippen LogP contribution in [0, 0.1) is 0 Å². The molecule has 0 fully saturated rings. The molecule has 0 atom stereocenters. The fourth-order valence-electron chi connectivity index (χ4n) is 1.95. The Labute approximate surface area is 123 Å². The molecule has 21 heavy (non-hydrogen) atoms. The topological polar surface area (TPSA) is 84.2 Å². The number of hydrogen-bond donors (Lipinski definition) is 3. The number of anilines is 2. The van der Waals surface area contributed by atoms with Gasteiger partial charge in [0.05, 0.1) is 0 Å². The summed E-state index contributed by atoms with van der Waals surface area (Å²) in [7, 11) is 0. The third kappa shape index (κ3) is 4.07. The first-order valence-electron chi connectivity index (χ1n) is 6.65. The van der Waals surface area contributed by atoms with E-state index < -0.39 is 6.03 Å². The third-order valence-electron chi connectivity index (χ3n) is 2.99. The summed E-state index contributed by atoms with van der Waals surface area (Å²) in [5.41, 5.74) is 7.88. The van der Waals surface area contributed by atoms with Crippen LogP contribution in [0.2, 0.25) is 0 Å². The molecular weight excluding hydrogens is 266 g/mol. The highest BCUT2D eigenvalue weighted by Crippen LogP contribution is 2.15. The van der Waals surface area contributed by atoms with Crippen LogP contribution in [0.5, 0.6) is 0 Å². The third-order valence-corrected chi connectivity index (χ3v) is 2.99. The molecule has 0 saturated carbocycles. The van der Waals surface area contributed by atoms with Gasteiger partial charge in [-0.05, 0) is 42.3 Å². The van der Waals surface area contributed by atoms with Gasteiger partial charge in [0.25, 0.3) is 5.91 Å². The van der Waals surface area contributed by atoms with Gasteiger partial charge < -0.3 is 16.4 Å². The van der Waals surface area contributed by atoms with E-state index in [2.05, 4.69) is 17.6 Å². The van der Waals surface area contributed by atoms with Gasteiger partial charge in [-0.25, -0.2) is 4.79 Å². The minimum Gasteiger partial charge on any atom is -0.351 e. The van der Waals surface area contributed by atoms with E-state index in [1.54, 1.807) is 24.3 Å². The monoisotopic (exact) mass is 283 g/mol. The first kappa shape index (κ1) is 14.6. The van der Waals surface area contributed by atoms with Gasteiger partial charge in [0, 0.05) is 16.9 Å². The largest absolute Gasteiger partial charge is 0.351 e. The lowest BCUT2D eigenvalue weighted by Crippen LogP contribution is -2.19. The van der Waals surface area contributed by atoms with Gasteiger partial charge >= 0.3 is 6.03 Å². The number of carbonyl (C=O) groups is 2. The second-order valence-corrected chi connectivity index (χ2v) is 4.58. The van der Waals surface area contributed by atoms with Crippen LogP contribution in [0.15, 0.2) is 48.5 Å². The Morgan fingerprint density at radius 3 is 2.33 bits per heavy atom. The molecule has 108 valence electrons. The first-order chi connectivity index (χ1) is 10.1. The van der Waals surface area contributed by atoms with Crippen LogP contribution < -0.4 is 16.4 Å². The maximum absolute atomic E-state index is 12.2. The lowest BCUT2D eigenvalue weighted by atomic mass is 10.1. The number of aryl methyl sites for hydroxylation is 1. The maximum Gasteiger partial charge on any atom is 0.316 e. The molecule has 2 aromatic carbocycles. The second kappa shape index (κ2) is 6.56. The lowest BCUT2D eigenvalue weighted by molar-refractivity contribution is 0.102. The van der Waals surface area contributed by atoms with Gasteiger partial charge in [0.1, 0.15) is 0 Å². The molecule has 0 saturated heterocycles. The summed E-state index contributed by atoms with van der Waals surface area (Å²) in [5.74, 6) is -0.239. The second-order valence-electron chi connectivity index (χ2n) is 4.58. The van der Waals surface area contributed by atoms with Crippen molar-refractivity contribution in [2.24, 2.45) is 5.73 Å². The Balaban J connectivity index is 2.14. The molecule has 2 rings (SSSR count). The molecule has 0 heterocycles. The van der Waals surface area contributed by atoms with Gasteiger partial charge in [-0.3, -0.25) is 4.79 Å². The van der Waals surface area contributed by atoms with Gasteiger partial charge in [0.2, 0.25) is 0 Å². The molecule has 0 unspecified atom stereocenters. The normalized spacial score (nSPS) is 9.95. The molecule has 0 aliphatic heterocycles. The van der Waals surface area contributed by atoms with E-state index in [9.17, 15) is 9.59 Å². The number of carbonyl (C=O) groups excluding carboxylic acids is 2. The van der Waals surface area contributed by atoms with Crippen molar-refractivity contribution in [1.29, 1.82) is 0 Å². The minimum atomic E-state index is -0.664. The number of rotatable bonds is 4. The number of nitrogens with one attached hydrogen (secondary N) is 2. The number of hydrogen-bond acceptors (Lipinski definition) is 2. The number of urea groups is 1. The zero-order valence-corrected chi connectivity index (χ0v) is 11.7. The zero-order valence-electron chi connectivity index (χ0n) is 11.7. The average molecular weight is 283 g/mol. The van der Waals surface area contributed by atoms with Gasteiger partial charge in [-0.2, -0.15) is 0 Å². The summed E-state index contributed by atoms with van der Waals surface area (Å²) in [4.78, 5) is 23.0.